The summed E-state index contributed by atoms with van der Waals surface area (Å²) >= 11 is 0. The van der Waals surface area contributed by atoms with Crippen molar-refractivity contribution in [2.45, 2.75) is 52.6 Å². The maximum atomic E-state index is 13.2. The Morgan fingerprint density at radius 1 is 1.15 bits per heavy atom. The molecule has 1 aliphatic heterocycles. The van der Waals surface area contributed by atoms with Crippen molar-refractivity contribution in [3.8, 4) is 5.69 Å². The highest BCUT2D eigenvalue weighted by atomic mass is 16.1. The number of nitrogens with zero attached hydrogens (tertiary/aromatic N) is 5. The summed E-state index contributed by atoms with van der Waals surface area (Å²) in [6, 6.07) is 10.3. The number of hydrogen-bond acceptors (Lipinski definition) is 6. The van der Waals surface area contributed by atoms with Crippen LogP contribution in [0, 0.1) is 0 Å². The van der Waals surface area contributed by atoms with Gasteiger partial charge in [-0.15, -0.1) is 0 Å². The van der Waals surface area contributed by atoms with Gasteiger partial charge in [0.1, 0.15) is 5.39 Å². The SMILES string of the molecule is CCCc1cc(-n2c3nc(Nc4ccc5c(c4)CCNC5)ncc3c(=O)n2C(C)C)ccn1. The molecule has 0 spiro atoms. The molecule has 0 fully saturated rings. The summed E-state index contributed by atoms with van der Waals surface area (Å²) in [5, 5.41) is 7.23. The Bertz CT molecular complexity index is 1370. The third-order valence-corrected chi connectivity index (χ3v) is 6.01. The van der Waals surface area contributed by atoms with Gasteiger partial charge in [-0.25, -0.2) is 14.3 Å². The zero-order valence-corrected chi connectivity index (χ0v) is 19.3. The largest absolute Gasteiger partial charge is 0.324 e. The van der Waals surface area contributed by atoms with E-state index in [-0.39, 0.29) is 11.6 Å². The van der Waals surface area contributed by atoms with E-state index < -0.39 is 0 Å². The molecular weight excluding hydrogens is 414 g/mol. The first-order chi connectivity index (χ1) is 16.0. The van der Waals surface area contributed by atoms with Crippen molar-refractivity contribution >= 4 is 22.7 Å². The molecule has 0 amide bonds. The van der Waals surface area contributed by atoms with E-state index in [0.29, 0.717) is 17.0 Å². The number of hydrogen-bond donors (Lipinski definition) is 2. The zero-order valence-electron chi connectivity index (χ0n) is 19.3. The Morgan fingerprint density at radius 3 is 2.85 bits per heavy atom. The molecule has 8 nitrogen and oxygen atoms in total. The Morgan fingerprint density at radius 2 is 2.03 bits per heavy atom. The lowest BCUT2D eigenvalue weighted by Gasteiger charge is -2.18. The maximum Gasteiger partial charge on any atom is 0.278 e. The van der Waals surface area contributed by atoms with Gasteiger partial charge in [0.2, 0.25) is 5.95 Å². The third kappa shape index (κ3) is 4.02. The van der Waals surface area contributed by atoms with E-state index in [1.165, 1.54) is 11.1 Å². The fourth-order valence-electron chi connectivity index (χ4n) is 4.45. The highest BCUT2D eigenvalue weighted by molar-refractivity contribution is 5.77. The molecule has 33 heavy (non-hydrogen) atoms. The number of anilines is 2. The van der Waals surface area contributed by atoms with Crippen LogP contribution in [0.15, 0.2) is 47.5 Å². The molecule has 4 aromatic rings. The van der Waals surface area contributed by atoms with Gasteiger partial charge < -0.3 is 10.6 Å². The van der Waals surface area contributed by atoms with Crippen LogP contribution in [0.5, 0.6) is 0 Å². The second-order valence-corrected chi connectivity index (χ2v) is 8.78. The molecule has 0 atom stereocenters. The molecular formula is C25H29N7O. The maximum absolute atomic E-state index is 13.2. The van der Waals surface area contributed by atoms with Gasteiger partial charge in [-0.2, -0.15) is 4.98 Å². The quantitative estimate of drug-likeness (QED) is 0.470. The second kappa shape index (κ2) is 8.78. The number of fused-ring (bicyclic) bond motifs is 2. The van der Waals surface area contributed by atoms with Gasteiger partial charge in [0.25, 0.3) is 5.56 Å². The van der Waals surface area contributed by atoms with Gasteiger partial charge in [0.05, 0.1) is 5.69 Å². The van der Waals surface area contributed by atoms with Gasteiger partial charge >= 0.3 is 0 Å². The molecule has 8 heteroatoms. The van der Waals surface area contributed by atoms with E-state index in [4.69, 9.17) is 4.98 Å². The molecule has 0 radical (unpaired) electrons. The zero-order chi connectivity index (χ0) is 22.9. The van der Waals surface area contributed by atoms with E-state index in [0.717, 1.165) is 49.4 Å². The average molecular weight is 444 g/mol. The first-order valence-electron chi connectivity index (χ1n) is 11.6. The summed E-state index contributed by atoms with van der Waals surface area (Å²) in [5.74, 6) is 0.467. The minimum Gasteiger partial charge on any atom is -0.324 e. The van der Waals surface area contributed by atoms with Gasteiger partial charge in [0.15, 0.2) is 5.65 Å². The summed E-state index contributed by atoms with van der Waals surface area (Å²) in [5.41, 5.74) is 5.97. The van der Waals surface area contributed by atoms with Crippen LogP contribution >= 0.6 is 0 Å². The highest BCUT2D eigenvalue weighted by Crippen LogP contribution is 2.23. The summed E-state index contributed by atoms with van der Waals surface area (Å²) in [7, 11) is 0. The summed E-state index contributed by atoms with van der Waals surface area (Å²) in [6.07, 6.45) is 6.31. The third-order valence-electron chi connectivity index (χ3n) is 6.01. The number of benzene rings is 1. The molecule has 1 aromatic carbocycles. The van der Waals surface area contributed by atoms with Crippen molar-refractivity contribution in [1.29, 1.82) is 0 Å². The minimum atomic E-state index is -0.0957. The topological polar surface area (TPSA) is 89.7 Å². The van der Waals surface area contributed by atoms with Crippen LogP contribution < -0.4 is 16.2 Å². The van der Waals surface area contributed by atoms with Gasteiger partial charge in [-0.3, -0.25) is 9.78 Å². The van der Waals surface area contributed by atoms with Gasteiger partial charge in [-0.05, 0) is 68.6 Å². The fraction of sp³-hybridized carbons (Fsp3) is 0.360. The van der Waals surface area contributed by atoms with Crippen LogP contribution in [0.1, 0.15) is 50.1 Å². The Balaban J connectivity index is 1.61. The molecule has 4 heterocycles. The highest BCUT2D eigenvalue weighted by Gasteiger charge is 2.20. The fourth-order valence-corrected chi connectivity index (χ4v) is 4.45. The molecule has 2 N–H and O–H groups in total. The van der Waals surface area contributed by atoms with Crippen LogP contribution in [0.2, 0.25) is 0 Å². The second-order valence-electron chi connectivity index (χ2n) is 8.78. The Labute approximate surface area is 192 Å². The van der Waals surface area contributed by atoms with Crippen LogP contribution in [-0.4, -0.2) is 30.9 Å². The van der Waals surface area contributed by atoms with Crippen LogP contribution in [0.3, 0.4) is 0 Å². The Kier molecular flexibility index (Phi) is 5.68. The molecule has 0 bridgehead atoms. The van der Waals surface area contributed by atoms with E-state index >= 15 is 0 Å². The Hall–Kier alpha value is -3.52. The molecule has 0 unspecified atom stereocenters. The monoisotopic (exact) mass is 443 g/mol. The van der Waals surface area contributed by atoms with Crippen LogP contribution in [-0.2, 0) is 19.4 Å². The summed E-state index contributed by atoms with van der Waals surface area (Å²) < 4.78 is 3.63. The summed E-state index contributed by atoms with van der Waals surface area (Å²) in [6.45, 7) is 8.02. The van der Waals surface area contributed by atoms with E-state index in [1.807, 2.05) is 36.7 Å². The van der Waals surface area contributed by atoms with Crippen molar-refractivity contribution < 1.29 is 0 Å². The minimum absolute atomic E-state index is 0.0415. The molecule has 5 rings (SSSR count). The standard InChI is InChI=1S/C25H29N7O/c1-4-5-19-13-21(9-11-27-19)32-23-22(24(33)31(32)16(2)3)15-28-25(30-23)29-20-7-6-18-14-26-10-8-17(18)12-20/h6-7,9,11-13,15-16,26H,4-5,8,10,14H2,1-3H3,(H,28,29,30). The summed E-state index contributed by atoms with van der Waals surface area (Å²) in [4.78, 5) is 26.9. The number of aryl methyl sites for hydroxylation is 1. The predicted octanol–water partition coefficient (Wildman–Crippen LogP) is 3.90. The first kappa shape index (κ1) is 21.3. The van der Waals surface area contributed by atoms with E-state index in [9.17, 15) is 4.79 Å². The van der Waals surface area contributed by atoms with Crippen molar-refractivity contribution in [3.63, 3.8) is 0 Å². The lowest BCUT2D eigenvalue weighted by molar-refractivity contribution is 0.475. The molecule has 1 aliphatic rings. The number of pyridine rings is 1. The number of nitrogens with one attached hydrogen (secondary N) is 2. The van der Waals surface area contributed by atoms with Crippen molar-refractivity contribution in [2.24, 2.45) is 0 Å². The molecule has 170 valence electrons. The normalized spacial score (nSPS) is 13.5. The average Bonchev–Trinajstić information content (AvgIpc) is 3.11. The lowest BCUT2D eigenvalue weighted by atomic mass is 10.0. The number of aromatic nitrogens is 5. The van der Waals surface area contributed by atoms with Crippen molar-refractivity contribution in [3.05, 3.63) is 69.9 Å². The predicted molar refractivity (Wildman–Crippen MR) is 130 cm³/mol. The molecule has 0 saturated carbocycles. The first-order valence-corrected chi connectivity index (χ1v) is 11.6. The molecule has 3 aromatic heterocycles. The lowest BCUT2D eigenvalue weighted by Crippen LogP contribution is -2.24. The van der Waals surface area contributed by atoms with E-state index in [2.05, 4.69) is 39.7 Å². The van der Waals surface area contributed by atoms with E-state index in [1.54, 1.807) is 17.1 Å². The van der Waals surface area contributed by atoms with Gasteiger partial charge in [-0.1, -0.05) is 19.4 Å². The molecule has 0 saturated heterocycles. The number of rotatable bonds is 6. The van der Waals surface area contributed by atoms with Crippen LogP contribution in [0.25, 0.3) is 16.7 Å². The van der Waals surface area contributed by atoms with Gasteiger partial charge in [0, 0.05) is 36.4 Å². The van der Waals surface area contributed by atoms with Crippen molar-refractivity contribution in [1.82, 2.24) is 29.6 Å². The molecule has 0 aliphatic carbocycles. The van der Waals surface area contributed by atoms with Crippen LogP contribution in [0.4, 0.5) is 11.6 Å². The van der Waals surface area contributed by atoms with Crippen molar-refractivity contribution in [2.75, 3.05) is 11.9 Å². The smallest absolute Gasteiger partial charge is 0.278 e.